The van der Waals surface area contributed by atoms with Gasteiger partial charge in [0.05, 0.1) is 30.0 Å². The van der Waals surface area contributed by atoms with Crippen molar-refractivity contribution in [2.45, 2.75) is 48.0 Å². The van der Waals surface area contributed by atoms with Gasteiger partial charge in [0.2, 0.25) is 0 Å². The van der Waals surface area contributed by atoms with Crippen molar-refractivity contribution in [3.05, 3.63) is 64.8 Å². The molecule has 0 spiro atoms. The van der Waals surface area contributed by atoms with Gasteiger partial charge < -0.3 is 14.6 Å². The van der Waals surface area contributed by atoms with Gasteiger partial charge in [-0.1, -0.05) is 30.0 Å². The third-order valence-corrected chi connectivity index (χ3v) is 8.56. The fraction of sp³-hybridized carbons (Fsp3) is 0.385. The van der Waals surface area contributed by atoms with Crippen LogP contribution in [0.15, 0.2) is 73.6 Å². The number of fused-ring (bicyclic) bond motifs is 1. The first-order chi connectivity index (χ1) is 17.1. The number of thioether (sulfide) groups is 1. The van der Waals surface area contributed by atoms with Crippen molar-refractivity contribution in [1.82, 2.24) is 14.6 Å². The molecule has 2 heterocycles. The number of methoxy groups -OCH3 is 1. The van der Waals surface area contributed by atoms with Gasteiger partial charge in [0.1, 0.15) is 11.3 Å². The number of aliphatic hydroxyl groups is 1. The van der Waals surface area contributed by atoms with Crippen LogP contribution < -0.4 is 4.74 Å². The van der Waals surface area contributed by atoms with E-state index in [0.29, 0.717) is 19.4 Å². The lowest BCUT2D eigenvalue weighted by Crippen LogP contribution is -2.39. The molecule has 1 aliphatic carbocycles. The second-order valence-electron chi connectivity index (χ2n) is 8.59. The number of benzene rings is 2. The van der Waals surface area contributed by atoms with Crippen molar-refractivity contribution in [2.24, 2.45) is 0 Å². The normalized spacial score (nSPS) is 18.3. The average molecular weight is 512 g/mol. The Morgan fingerprint density at radius 1 is 1.06 bits per heavy atom. The van der Waals surface area contributed by atoms with Crippen molar-refractivity contribution in [1.29, 1.82) is 0 Å². The Bertz CT molecular complexity index is 1230. The fourth-order valence-corrected chi connectivity index (χ4v) is 6.40. The van der Waals surface area contributed by atoms with Gasteiger partial charge in [0.25, 0.3) is 0 Å². The van der Waals surface area contributed by atoms with Crippen LogP contribution in [0.4, 0.5) is 0 Å². The van der Waals surface area contributed by atoms with Gasteiger partial charge in [-0.15, -0.1) is 0 Å². The summed E-state index contributed by atoms with van der Waals surface area (Å²) >= 11 is 3.31. The maximum absolute atomic E-state index is 11.2. The van der Waals surface area contributed by atoms with E-state index in [4.69, 9.17) is 14.1 Å². The number of allylic oxidation sites excluding steroid dienone is 3. The van der Waals surface area contributed by atoms with Gasteiger partial charge >= 0.3 is 0 Å². The molecule has 0 atom stereocenters. The van der Waals surface area contributed by atoms with Crippen molar-refractivity contribution in [3.8, 4) is 5.75 Å². The second kappa shape index (κ2) is 10.7. The number of piperidine rings is 1. The molecule has 0 bridgehead atoms. The van der Waals surface area contributed by atoms with Crippen LogP contribution in [0.2, 0.25) is 0 Å². The van der Waals surface area contributed by atoms with Gasteiger partial charge in [0.15, 0.2) is 5.52 Å². The molecule has 0 unspecified atom stereocenters. The Morgan fingerprint density at radius 3 is 2.49 bits per heavy atom. The van der Waals surface area contributed by atoms with E-state index in [0.717, 1.165) is 68.7 Å². The van der Waals surface area contributed by atoms with Crippen molar-refractivity contribution < 1.29 is 19.2 Å². The van der Waals surface area contributed by atoms with E-state index in [-0.39, 0.29) is 0 Å². The smallest absolute Gasteiger partial charge is 0.151 e. The molecule has 2 aromatic carbocycles. The summed E-state index contributed by atoms with van der Waals surface area (Å²) in [6, 6.07) is 11.9. The zero-order chi connectivity index (χ0) is 24.3. The molecule has 5 rings (SSSR count). The Balaban J connectivity index is 1.26. The van der Waals surface area contributed by atoms with Crippen LogP contribution in [0.1, 0.15) is 38.2 Å². The molecule has 0 saturated carbocycles. The molecule has 3 aromatic rings. The highest BCUT2D eigenvalue weighted by atomic mass is 32.2. The molecule has 1 fully saturated rings. The van der Waals surface area contributed by atoms with E-state index in [1.54, 1.807) is 30.8 Å². The topological polar surface area (TPSA) is 80.9 Å². The predicted molar refractivity (Wildman–Crippen MR) is 138 cm³/mol. The monoisotopic (exact) mass is 511 g/mol. The summed E-state index contributed by atoms with van der Waals surface area (Å²) in [5.74, 6) is 1.82. The quantitative estimate of drug-likeness (QED) is 0.371. The standard InChI is InChI=1S/C26H29N3O4S2/c1-3-32-20-5-4-6-21(17-20)34-22-11-12-23(25-24(22)27-33-28-25)35-29-15-13-26(30,14-16-29)18-7-9-19(31-2)10-8-18/h6-12,17,30H,3-5,13-16H2,1-2H3. The summed E-state index contributed by atoms with van der Waals surface area (Å²) < 4.78 is 18.4. The maximum Gasteiger partial charge on any atom is 0.151 e. The zero-order valence-corrected chi connectivity index (χ0v) is 21.5. The zero-order valence-electron chi connectivity index (χ0n) is 19.9. The molecule has 7 nitrogen and oxygen atoms in total. The van der Waals surface area contributed by atoms with Gasteiger partial charge in [-0.25, -0.2) is 8.93 Å². The molecule has 0 amide bonds. The molecule has 2 aliphatic rings. The third-order valence-electron chi connectivity index (χ3n) is 6.34. The minimum Gasteiger partial charge on any atom is -0.498 e. The van der Waals surface area contributed by atoms with Crippen LogP contribution in [0.25, 0.3) is 11.0 Å². The summed E-state index contributed by atoms with van der Waals surface area (Å²) in [6.45, 7) is 4.21. The van der Waals surface area contributed by atoms with Gasteiger partial charge in [-0.2, -0.15) is 0 Å². The Labute approximate surface area is 213 Å². The number of ether oxygens (including phenoxy) is 2. The van der Waals surface area contributed by atoms with Crippen LogP contribution in [-0.4, -0.2) is 46.5 Å². The molecule has 35 heavy (non-hydrogen) atoms. The Hall–Kier alpha value is -2.46. The average Bonchev–Trinajstić information content (AvgIpc) is 3.38. The Kier molecular flexibility index (Phi) is 7.38. The second-order valence-corrected chi connectivity index (χ2v) is 10.8. The first-order valence-electron chi connectivity index (χ1n) is 11.8. The van der Waals surface area contributed by atoms with Crippen LogP contribution in [0.5, 0.6) is 5.75 Å². The number of hydrogen-bond donors (Lipinski definition) is 1. The Morgan fingerprint density at radius 2 is 1.77 bits per heavy atom. The lowest BCUT2D eigenvalue weighted by Gasteiger charge is -2.37. The fourth-order valence-electron chi connectivity index (χ4n) is 4.40. The molecule has 9 heteroatoms. The first kappa shape index (κ1) is 24.2. The SMILES string of the molecule is CCOC1=CC(Sc2ccc(SN3CCC(O)(c4ccc(OC)cc4)CC3)c3nonc23)=CCC1. The number of hydrogen-bond acceptors (Lipinski definition) is 9. The third kappa shape index (κ3) is 5.38. The summed E-state index contributed by atoms with van der Waals surface area (Å²) in [5, 5.41) is 19.6. The lowest BCUT2D eigenvalue weighted by molar-refractivity contribution is -0.00805. The van der Waals surface area contributed by atoms with E-state index < -0.39 is 5.60 Å². The van der Waals surface area contributed by atoms with E-state index in [1.807, 2.05) is 31.2 Å². The highest BCUT2D eigenvalue weighted by Gasteiger charge is 2.34. The van der Waals surface area contributed by atoms with Crippen LogP contribution in [0.3, 0.4) is 0 Å². The summed E-state index contributed by atoms with van der Waals surface area (Å²) in [7, 11) is 1.65. The molecule has 0 radical (unpaired) electrons. The van der Waals surface area contributed by atoms with E-state index in [9.17, 15) is 5.11 Å². The van der Waals surface area contributed by atoms with Crippen molar-refractivity contribution in [3.63, 3.8) is 0 Å². The largest absolute Gasteiger partial charge is 0.498 e. The minimum atomic E-state index is -0.823. The van der Waals surface area contributed by atoms with E-state index in [1.165, 1.54) is 0 Å². The molecule has 1 aliphatic heterocycles. The van der Waals surface area contributed by atoms with Crippen molar-refractivity contribution in [2.75, 3.05) is 26.8 Å². The highest BCUT2D eigenvalue weighted by molar-refractivity contribution is 8.03. The molecule has 184 valence electrons. The molecular weight excluding hydrogens is 482 g/mol. The van der Waals surface area contributed by atoms with Crippen LogP contribution >= 0.6 is 23.7 Å². The molecule has 1 N–H and O–H groups in total. The summed E-state index contributed by atoms with van der Waals surface area (Å²) in [6.07, 6.45) is 7.56. The maximum atomic E-state index is 11.2. The summed E-state index contributed by atoms with van der Waals surface area (Å²) in [4.78, 5) is 3.17. The molecular formula is C26H29N3O4S2. The predicted octanol–water partition coefficient (Wildman–Crippen LogP) is 5.91. The number of rotatable bonds is 8. The first-order valence-corrected chi connectivity index (χ1v) is 13.4. The lowest BCUT2D eigenvalue weighted by atomic mass is 9.85. The molecule has 1 saturated heterocycles. The minimum absolute atomic E-state index is 0.656. The number of aromatic nitrogens is 2. The van der Waals surface area contributed by atoms with E-state index in [2.05, 4.69) is 38.9 Å². The van der Waals surface area contributed by atoms with Crippen LogP contribution in [0, 0.1) is 0 Å². The highest BCUT2D eigenvalue weighted by Crippen LogP contribution is 2.41. The molecule has 1 aromatic heterocycles. The number of nitrogens with zero attached hydrogens (tertiary/aromatic N) is 3. The van der Waals surface area contributed by atoms with E-state index >= 15 is 0 Å². The van der Waals surface area contributed by atoms with Gasteiger partial charge in [-0.05, 0) is 84.4 Å². The van der Waals surface area contributed by atoms with Crippen LogP contribution in [-0.2, 0) is 10.3 Å². The van der Waals surface area contributed by atoms with Gasteiger partial charge in [0, 0.05) is 29.3 Å². The van der Waals surface area contributed by atoms with Gasteiger partial charge in [-0.3, -0.25) is 0 Å². The summed E-state index contributed by atoms with van der Waals surface area (Å²) in [5.41, 5.74) is 1.65. The van der Waals surface area contributed by atoms with Crippen molar-refractivity contribution >= 4 is 34.7 Å².